The van der Waals surface area contributed by atoms with Gasteiger partial charge in [-0.05, 0) is 25.8 Å². The second kappa shape index (κ2) is 4.82. The van der Waals surface area contributed by atoms with E-state index in [0.29, 0.717) is 12.0 Å². The van der Waals surface area contributed by atoms with Crippen LogP contribution in [0.5, 0.6) is 0 Å². The van der Waals surface area contributed by atoms with Gasteiger partial charge in [-0.25, -0.2) is 0 Å². The van der Waals surface area contributed by atoms with Crippen LogP contribution >= 0.6 is 11.6 Å². The van der Waals surface area contributed by atoms with Crippen molar-refractivity contribution in [3.63, 3.8) is 0 Å². The number of ether oxygens (including phenoxy) is 1. The summed E-state index contributed by atoms with van der Waals surface area (Å²) < 4.78 is 5.71. The van der Waals surface area contributed by atoms with Gasteiger partial charge in [0, 0.05) is 19.0 Å². The normalized spacial score (nSPS) is 34.7. The molecule has 0 radical (unpaired) electrons. The molecular formula is C11H20ClNO. The highest BCUT2D eigenvalue weighted by Crippen LogP contribution is 2.32. The summed E-state index contributed by atoms with van der Waals surface area (Å²) in [6.45, 7) is 5.50. The SMILES string of the molecule is CC1CN(CCC2CC2)CC(CCl)O1. The van der Waals surface area contributed by atoms with Gasteiger partial charge in [-0.2, -0.15) is 0 Å². The predicted molar refractivity (Wildman–Crippen MR) is 58.8 cm³/mol. The van der Waals surface area contributed by atoms with E-state index in [1.54, 1.807) is 0 Å². The second-order valence-electron chi connectivity index (χ2n) is 4.71. The summed E-state index contributed by atoms with van der Waals surface area (Å²) in [6.07, 6.45) is 4.89. The van der Waals surface area contributed by atoms with E-state index in [2.05, 4.69) is 11.8 Å². The first kappa shape index (κ1) is 10.7. The molecule has 14 heavy (non-hydrogen) atoms. The zero-order valence-electron chi connectivity index (χ0n) is 8.92. The van der Waals surface area contributed by atoms with Gasteiger partial charge in [0.15, 0.2) is 0 Å². The Balaban J connectivity index is 1.72. The van der Waals surface area contributed by atoms with E-state index in [9.17, 15) is 0 Å². The number of hydrogen-bond acceptors (Lipinski definition) is 2. The van der Waals surface area contributed by atoms with E-state index < -0.39 is 0 Å². The van der Waals surface area contributed by atoms with Crippen LogP contribution in [-0.4, -0.2) is 42.6 Å². The van der Waals surface area contributed by atoms with Crippen LogP contribution in [0.3, 0.4) is 0 Å². The van der Waals surface area contributed by atoms with Crippen molar-refractivity contribution < 1.29 is 4.74 Å². The lowest BCUT2D eigenvalue weighted by atomic mass is 10.2. The van der Waals surface area contributed by atoms with Gasteiger partial charge in [0.1, 0.15) is 0 Å². The van der Waals surface area contributed by atoms with Crippen LogP contribution in [0, 0.1) is 5.92 Å². The summed E-state index contributed by atoms with van der Waals surface area (Å²) in [4.78, 5) is 2.51. The number of rotatable bonds is 4. The van der Waals surface area contributed by atoms with Crippen molar-refractivity contribution in [2.75, 3.05) is 25.5 Å². The number of morpholine rings is 1. The Hall–Kier alpha value is 0.210. The van der Waals surface area contributed by atoms with Gasteiger partial charge in [0.2, 0.25) is 0 Å². The molecule has 2 nitrogen and oxygen atoms in total. The number of halogens is 1. The molecular weight excluding hydrogens is 198 g/mol. The van der Waals surface area contributed by atoms with Gasteiger partial charge in [-0.3, -0.25) is 4.90 Å². The van der Waals surface area contributed by atoms with Crippen molar-refractivity contribution in [1.82, 2.24) is 4.90 Å². The Morgan fingerprint density at radius 2 is 2.14 bits per heavy atom. The molecule has 0 amide bonds. The molecule has 0 N–H and O–H groups in total. The molecule has 1 aliphatic heterocycles. The molecule has 1 aliphatic carbocycles. The molecule has 1 saturated carbocycles. The van der Waals surface area contributed by atoms with E-state index >= 15 is 0 Å². The fourth-order valence-electron chi connectivity index (χ4n) is 2.18. The standard InChI is InChI=1S/C11H20ClNO/c1-9-7-13(5-4-10-2-3-10)8-11(6-12)14-9/h9-11H,2-8H2,1H3. The first-order valence-electron chi connectivity index (χ1n) is 5.71. The van der Waals surface area contributed by atoms with Crippen molar-refractivity contribution >= 4 is 11.6 Å². The minimum Gasteiger partial charge on any atom is -0.371 e. The zero-order chi connectivity index (χ0) is 9.97. The van der Waals surface area contributed by atoms with Gasteiger partial charge < -0.3 is 4.74 Å². The lowest BCUT2D eigenvalue weighted by Crippen LogP contribution is -2.47. The third-order valence-corrected chi connectivity index (χ3v) is 3.47. The highest BCUT2D eigenvalue weighted by atomic mass is 35.5. The molecule has 2 fully saturated rings. The molecule has 0 aromatic carbocycles. The van der Waals surface area contributed by atoms with Crippen LogP contribution in [0.15, 0.2) is 0 Å². The minimum absolute atomic E-state index is 0.250. The highest BCUT2D eigenvalue weighted by molar-refractivity contribution is 6.18. The van der Waals surface area contributed by atoms with Gasteiger partial charge in [0.05, 0.1) is 12.2 Å². The fourth-order valence-corrected chi connectivity index (χ4v) is 2.35. The quantitative estimate of drug-likeness (QED) is 0.669. The molecule has 0 spiro atoms. The van der Waals surface area contributed by atoms with E-state index in [4.69, 9.17) is 16.3 Å². The summed E-state index contributed by atoms with van der Waals surface area (Å²) in [5, 5.41) is 0. The smallest absolute Gasteiger partial charge is 0.0841 e. The molecule has 3 heteroatoms. The number of nitrogens with zero attached hydrogens (tertiary/aromatic N) is 1. The lowest BCUT2D eigenvalue weighted by Gasteiger charge is -2.36. The first-order valence-corrected chi connectivity index (χ1v) is 6.25. The fraction of sp³-hybridized carbons (Fsp3) is 1.00. The van der Waals surface area contributed by atoms with E-state index in [0.717, 1.165) is 19.0 Å². The third kappa shape index (κ3) is 3.11. The van der Waals surface area contributed by atoms with E-state index in [-0.39, 0.29) is 6.10 Å². The topological polar surface area (TPSA) is 12.5 Å². The van der Waals surface area contributed by atoms with Crippen LogP contribution < -0.4 is 0 Å². The molecule has 1 saturated heterocycles. The Kier molecular flexibility index (Phi) is 3.69. The molecule has 2 rings (SSSR count). The Bertz CT molecular complexity index is 184. The number of hydrogen-bond donors (Lipinski definition) is 0. The first-order chi connectivity index (χ1) is 6.78. The van der Waals surface area contributed by atoms with Crippen molar-refractivity contribution in [2.24, 2.45) is 5.92 Å². The summed E-state index contributed by atoms with van der Waals surface area (Å²) in [5.74, 6) is 1.66. The predicted octanol–water partition coefficient (Wildman–Crippen LogP) is 2.11. The Labute approximate surface area is 91.6 Å². The summed E-state index contributed by atoms with van der Waals surface area (Å²) >= 11 is 5.83. The van der Waals surface area contributed by atoms with Gasteiger partial charge in [-0.15, -0.1) is 11.6 Å². The lowest BCUT2D eigenvalue weighted by molar-refractivity contribution is -0.0667. The number of alkyl halides is 1. The average Bonchev–Trinajstić information content (AvgIpc) is 2.97. The highest BCUT2D eigenvalue weighted by Gasteiger charge is 2.27. The maximum absolute atomic E-state index is 5.83. The van der Waals surface area contributed by atoms with Crippen LogP contribution in [0.25, 0.3) is 0 Å². The van der Waals surface area contributed by atoms with E-state index in [1.807, 2.05) is 0 Å². The average molecular weight is 218 g/mol. The van der Waals surface area contributed by atoms with Crippen molar-refractivity contribution in [2.45, 2.75) is 38.4 Å². The molecule has 0 bridgehead atoms. The Morgan fingerprint density at radius 1 is 1.36 bits per heavy atom. The molecule has 0 aromatic heterocycles. The molecule has 2 aliphatic rings. The monoisotopic (exact) mass is 217 g/mol. The third-order valence-electron chi connectivity index (χ3n) is 3.12. The van der Waals surface area contributed by atoms with Gasteiger partial charge >= 0.3 is 0 Å². The maximum Gasteiger partial charge on any atom is 0.0841 e. The second-order valence-corrected chi connectivity index (χ2v) is 5.02. The molecule has 2 atom stereocenters. The zero-order valence-corrected chi connectivity index (χ0v) is 9.67. The van der Waals surface area contributed by atoms with Crippen LogP contribution in [0.2, 0.25) is 0 Å². The summed E-state index contributed by atoms with van der Waals surface area (Å²) in [6, 6.07) is 0. The largest absolute Gasteiger partial charge is 0.371 e. The minimum atomic E-state index is 0.250. The molecule has 1 heterocycles. The van der Waals surface area contributed by atoms with Crippen LogP contribution in [-0.2, 0) is 4.74 Å². The van der Waals surface area contributed by atoms with Gasteiger partial charge in [0.25, 0.3) is 0 Å². The van der Waals surface area contributed by atoms with Gasteiger partial charge in [-0.1, -0.05) is 12.8 Å². The molecule has 0 aromatic rings. The molecule has 2 unspecified atom stereocenters. The van der Waals surface area contributed by atoms with Crippen LogP contribution in [0.4, 0.5) is 0 Å². The van der Waals surface area contributed by atoms with Crippen molar-refractivity contribution in [3.8, 4) is 0 Å². The summed E-state index contributed by atoms with van der Waals surface area (Å²) in [5.41, 5.74) is 0. The van der Waals surface area contributed by atoms with Crippen LogP contribution in [0.1, 0.15) is 26.2 Å². The van der Waals surface area contributed by atoms with Crippen molar-refractivity contribution in [1.29, 1.82) is 0 Å². The van der Waals surface area contributed by atoms with Crippen molar-refractivity contribution in [3.05, 3.63) is 0 Å². The van der Waals surface area contributed by atoms with E-state index in [1.165, 1.54) is 25.8 Å². The summed E-state index contributed by atoms with van der Waals surface area (Å²) in [7, 11) is 0. The Morgan fingerprint density at radius 3 is 2.79 bits per heavy atom. The molecule has 82 valence electrons. The maximum atomic E-state index is 5.83.